The standard InChI is InChI=1S/C15H11Br3N2O2S/c1-22-10-7-9(16)13(12(18)11(10)17)20-14(21)15(23)19-8-5-3-2-4-6-8/h2-7H,1H3,(H,19,23)(H,20,21). The second kappa shape index (κ2) is 8.23. The largest absolute Gasteiger partial charge is 0.495 e. The van der Waals surface area contributed by atoms with Gasteiger partial charge in [0.15, 0.2) is 4.99 Å². The van der Waals surface area contributed by atoms with E-state index >= 15 is 0 Å². The molecular weight excluding hydrogens is 512 g/mol. The van der Waals surface area contributed by atoms with Gasteiger partial charge in [-0.15, -0.1) is 0 Å². The third-order valence-electron chi connectivity index (χ3n) is 2.82. The first-order chi connectivity index (χ1) is 10.9. The Balaban J connectivity index is 2.17. The lowest BCUT2D eigenvalue weighted by Gasteiger charge is -2.14. The molecular formula is C15H11Br3N2O2S. The Bertz CT molecular complexity index is 754. The van der Waals surface area contributed by atoms with Crippen molar-refractivity contribution >= 4 is 82.3 Å². The third kappa shape index (κ3) is 4.53. The van der Waals surface area contributed by atoms with Crippen LogP contribution >= 0.6 is 60.0 Å². The number of ether oxygens (including phenoxy) is 1. The van der Waals surface area contributed by atoms with Gasteiger partial charge in [0, 0.05) is 10.2 Å². The van der Waals surface area contributed by atoms with Gasteiger partial charge < -0.3 is 15.4 Å². The number of methoxy groups -OCH3 is 1. The number of halogens is 3. The molecule has 2 rings (SSSR count). The molecule has 0 radical (unpaired) electrons. The summed E-state index contributed by atoms with van der Waals surface area (Å²) in [6, 6.07) is 11.0. The highest BCUT2D eigenvalue weighted by Gasteiger charge is 2.18. The van der Waals surface area contributed by atoms with Crippen LogP contribution in [0.3, 0.4) is 0 Å². The molecule has 0 saturated carbocycles. The Morgan fingerprint density at radius 3 is 2.35 bits per heavy atom. The smallest absolute Gasteiger partial charge is 0.283 e. The lowest BCUT2D eigenvalue weighted by Crippen LogP contribution is -2.27. The van der Waals surface area contributed by atoms with Gasteiger partial charge in [-0.25, -0.2) is 0 Å². The van der Waals surface area contributed by atoms with Gasteiger partial charge in [0.25, 0.3) is 5.91 Å². The Labute approximate surface area is 164 Å². The minimum absolute atomic E-state index is 0.0712. The summed E-state index contributed by atoms with van der Waals surface area (Å²) in [5.41, 5.74) is 1.31. The summed E-state index contributed by atoms with van der Waals surface area (Å²) in [5, 5.41) is 5.66. The zero-order valence-electron chi connectivity index (χ0n) is 11.8. The molecule has 0 fully saturated rings. The highest BCUT2D eigenvalue weighted by Crippen LogP contribution is 2.42. The van der Waals surface area contributed by atoms with E-state index in [1.807, 2.05) is 30.3 Å². The van der Waals surface area contributed by atoms with Gasteiger partial charge in [-0.05, 0) is 66.0 Å². The zero-order valence-corrected chi connectivity index (χ0v) is 17.4. The lowest BCUT2D eigenvalue weighted by molar-refractivity contribution is -0.110. The Kier molecular flexibility index (Phi) is 6.58. The highest BCUT2D eigenvalue weighted by atomic mass is 79.9. The van der Waals surface area contributed by atoms with E-state index in [9.17, 15) is 4.79 Å². The van der Waals surface area contributed by atoms with Crippen LogP contribution in [0.5, 0.6) is 5.75 Å². The summed E-state index contributed by atoms with van der Waals surface area (Å²) in [5.74, 6) is 0.217. The van der Waals surface area contributed by atoms with E-state index in [0.717, 1.165) is 5.69 Å². The number of thiocarbonyl (C=S) groups is 1. The van der Waals surface area contributed by atoms with Crippen LogP contribution in [0, 0.1) is 0 Å². The first-order valence-electron chi connectivity index (χ1n) is 6.33. The second-order valence-electron chi connectivity index (χ2n) is 4.34. The van der Waals surface area contributed by atoms with Crippen LogP contribution in [0.1, 0.15) is 0 Å². The zero-order chi connectivity index (χ0) is 17.0. The SMILES string of the molecule is COc1cc(Br)c(NC(=O)C(=S)Nc2ccccc2)c(Br)c1Br. The maximum absolute atomic E-state index is 12.3. The molecule has 0 aliphatic carbocycles. The molecule has 0 bridgehead atoms. The first-order valence-corrected chi connectivity index (χ1v) is 9.11. The summed E-state index contributed by atoms with van der Waals surface area (Å²) in [6.07, 6.45) is 0. The maximum atomic E-state index is 12.3. The van der Waals surface area contributed by atoms with Gasteiger partial charge in [0.2, 0.25) is 0 Å². The van der Waals surface area contributed by atoms with Gasteiger partial charge >= 0.3 is 0 Å². The Morgan fingerprint density at radius 2 is 1.74 bits per heavy atom. The predicted molar refractivity (Wildman–Crippen MR) is 107 cm³/mol. The van der Waals surface area contributed by atoms with Crippen LogP contribution in [0.15, 0.2) is 49.8 Å². The summed E-state index contributed by atoms with van der Waals surface area (Å²) in [7, 11) is 1.57. The highest BCUT2D eigenvalue weighted by molar-refractivity contribution is 9.13. The molecule has 0 unspecified atom stereocenters. The van der Waals surface area contributed by atoms with Crippen LogP contribution in [0.25, 0.3) is 0 Å². The number of hydrogen-bond donors (Lipinski definition) is 2. The molecule has 8 heteroatoms. The van der Waals surface area contributed by atoms with Crippen molar-refractivity contribution in [3.8, 4) is 5.75 Å². The topological polar surface area (TPSA) is 50.4 Å². The molecule has 4 nitrogen and oxygen atoms in total. The van der Waals surface area contributed by atoms with E-state index in [4.69, 9.17) is 17.0 Å². The molecule has 0 aromatic heterocycles. The molecule has 1 amide bonds. The van der Waals surface area contributed by atoms with Crippen molar-refractivity contribution in [2.24, 2.45) is 0 Å². The summed E-state index contributed by atoms with van der Waals surface area (Å²) in [6.45, 7) is 0. The van der Waals surface area contributed by atoms with Crippen molar-refractivity contribution in [3.05, 3.63) is 49.8 Å². The van der Waals surface area contributed by atoms with Crippen LogP contribution in [-0.2, 0) is 4.79 Å². The number of benzene rings is 2. The normalized spacial score (nSPS) is 10.1. The number of carbonyl (C=O) groups excluding carboxylic acids is 1. The fourth-order valence-corrected chi connectivity index (χ4v) is 3.64. The van der Waals surface area contributed by atoms with Crippen molar-refractivity contribution in [2.75, 3.05) is 17.7 Å². The summed E-state index contributed by atoms with van der Waals surface area (Å²) < 4.78 is 7.25. The van der Waals surface area contributed by atoms with Crippen LogP contribution in [0.2, 0.25) is 0 Å². The summed E-state index contributed by atoms with van der Waals surface area (Å²) in [4.78, 5) is 12.4. The average Bonchev–Trinajstić information content (AvgIpc) is 2.55. The number of nitrogens with one attached hydrogen (secondary N) is 2. The van der Waals surface area contributed by atoms with Crippen molar-refractivity contribution in [1.82, 2.24) is 0 Å². The number of carbonyl (C=O) groups is 1. The van der Waals surface area contributed by atoms with Gasteiger partial charge in [-0.3, -0.25) is 4.79 Å². The summed E-state index contributed by atoms with van der Waals surface area (Å²) >= 11 is 15.4. The van der Waals surface area contributed by atoms with Gasteiger partial charge in [-0.1, -0.05) is 30.4 Å². The van der Waals surface area contributed by atoms with Crippen molar-refractivity contribution in [3.63, 3.8) is 0 Å². The van der Waals surface area contributed by atoms with E-state index in [-0.39, 0.29) is 4.99 Å². The van der Waals surface area contributed by atoms with E-state index in [1.54, 1.807) is 13.2 Å². The van der Waals surface area contributed by atoms with E-state index in [2.05, 4.69) is 58.4 Å². The Morgan fingerprint density at radius 1 is 1.09 bits per heavy atom. The van der Waals surface area contributed by atoms with Crippen LogP contribution in [0.4, 0.5) is 11.4 Å². The monoisotopic (exact) mass is 520 g/mol. The predicted octanol–water partition coefficient (Wildman–Crippen LogP) is 5.36. The molecule has 0 spiro atoms. The molecule has 0 heterocycles. The molecule has 0 aliphatic rings. The molecule has 2 N–H and O–H groups in total. The van der Waals surface area contributed by atoms with E-state index < -0.39 is 5.91 Å². The molecule has 0 aliphatic heterocycles. The number of amides is 1. The first kappa shape index (κ1) is 18.4. The van der Waals surface area contributed by atoms with Crippen molar-refractivity contribution in [1.29, 1.82) is 0 Å². The van der Waals surface area contributed by atoms with Gasteiger partial charge in [-0.2, -0.15) is 0 Å². The number of hydrogen-bond acceptors (Lipinski definition) is 3. The molecule has 0 saturated heterocycles. The minimum atomic E-state index is -0.415. The number of anilines is 2. The fourth-order valence-electron chi connectivity index (χ4n) is 1.72. The van der Waals surface area contributed by atoms with Crippen LogP contribution < -0.4 is 15.4 Å². The van der Waals surface area contributed by atoms with Crippen molar-refractivity contribution in [2.45, 2.75) is 0 Å². The molecule has 2 aromatic rings. The second-order valence-corrected chi connectivity index (χ2v) is 7.19. The number of rotatable bonds is 3. The van der Waals surface area contributed by atoms with Crippen molar-refractivity contribution < 1.29 is 9.53 Å². The molecule has 23 heavy (non-hydrogen) atoms. The average molecular weight is 523 g/mol. The van der Waals surface area contributed by atoms with E-state index in [0.29, 0.717) is 24.9 Å². The quantitative estimate of drug-likeness (QED) is 0.421. The molecule has 120 valence electrons. The van der Waals surface area contributed by atoms with Gasteiger partial charge in [0.1, 0.15) is 5.75 Å². The fraction of sp³-hybridized carbons (Fsp3) is 0.0667. The third-order valence-corrected chi connectivity index (χ3v) is 5.85. The molecule has 2 aromatic carbocycles. The maximum Gasteiger partial charge on any atom is 0.283 e. The molecule has 0 atom stereocenters. The number of para-hydroxylation sites is 1. The van der Waals surface area contributed by atoms with Crippen LogP contribution in [-0.4, -0.2) is 18.0 Å². The van der Waals surface area contributed by atoms with E-state index in [1.165, 1.54) is 0 Å². The minimum Gasteiger partial charge on any atom is -0.495 e. The lowest BCUT2D eigenvalue weighted by atomic mass is 10.3. The Hall–Kier alpha value is -0.960. The van der Waals surface area contributed by atoms with Gasteiger partial charge in [0.05, 0.1) is 21.7 Å².